The van der Waals surface area contributed by atoms with Crippen molar-refractivity contribution in [3.05, 3.63) is 48.2 Å². The molecule has 1 aliphatic heterocycles. The molecule has 2 heterocycles. The molecule has 2 aromatic rings. The first-order valence-electron chi connectivity index (χ1n) is 6.88. The predicted molar refractivity (Wildman–Crippen MR) is 75.5 cm³/mol. The smallest absolute Gasteiger partial charge is 0.287 e. The minimum Gasteiger partial charge on any atom is -0.451 e. The van der Waals surface area contributed by atoms with Gasteiger partial charge < -0.3 is 14.5 Å². The highest BCUT2D eigenvalue weighted by Crippen LogP contribution is 2.21. The standard InChI is InChI=1S/C16H17NO3/c18-16(17-11-13-7-4-10-19-13)15-9-8-14(20-15)12-5-2-1-3-6-12/h1-3,5-6,8-9,13H,4,7,10-11H2,(H,17,18)/t13-/m1/s1. The van der Waals surface area contributed by atoms with Crippen LogP contribution in [0.5, 0.6) is 0 Å². The number of ether oxygens (including phenoxy) is 1. The van der Waals surface area contributed by atoms with Crippen LogP contribution in [-0.4, -0.2) is 25.2 Å². The van der Waals surface area contributed by atoms with Crippen molar-refractivity contribution in [1.29, 1.82) is 0 Å². The molecule has 0 unspecified atom stereocenters. The first kappa shape index (κ1) is 12.9. The fourth-order valence-electron chi connectivity index (χ4n) is 2.32. The first-order valence-corrected chi connectivity index (χ1v) is 6.88. The van der Waals surface area contributed by atoms with Gasteiger partial charge in [0, 0.05) is 18.7 Å². The molecular weight excluding hydrogens is 254 g/mol. The molecule has 3 rings (SSSR count). The molecule has 0 radical (unpaired) electrons. The zero-order valence-corrected chi connectivity index (χ0v) is 11.2. The average Bonchev–Trinajstić information content (AvgIpc) is 3.17. The van der Waals surface area contributed by atoms with Gasteiger partial charge in [0.2, 0.25) is 0 Å². The van der Waals surface area contributed by atoms with Crippen LogP contribution < -0.4 is 5.32 Å². The van der Waals surface area contributed by atoms with E-state index in [1.54, 1.807) is 6.07 Å². The van der Waals surface area contributed by atoms with E-state index < -0.39 is 0 Å². The van der Waals surface area contributed by atoms with Crippen molar-refractivity contribution in [1.82, 2.24) is 5.32 Å². The van der Waals surface area contributed by atoms with E-state index in [2.05, 4.69) is 5.32 Å². The summed E-state index contributed by atoms with van der Waals surface area (Å²) < 4.78 is 11.1. The molecule has 0 aliphatic carbocycles. The highest BCUT2D eigenvalue weighted by molar-refractivity contribution is 5.92. The second kappa shape index (κ2) is 5.92. The Morgan fingerprint density at radius 2 is 2.05 bits per heavy atom. The summed E-state index contributed by atoms with van der Waals surface area (Å²) in [6.45, 7) is 1.33. The maximum Gasteiger partial charge on any atom is 0.287 e. The molecule has 1 aromatic carbocycles. The molecule has 0 spiro atoms. The number of amides is 1. The third-order valence-electron chi connectivity index (χ3n) is 3.40. The Labute approximate surface area is 117 Å². The summed E-state index contributed by atoms with van der Waals surface area (Å²) in [5.41, 5.74) is 0.964. The molecule has 1 aromatic heterocycles. The lowest BCUT2D eigenvalue weighted by atomic mass is 10.2. The van der Waals surface area contributed by atoms with E-state index in [9.17, 15) is 4.79 Å². The van der Waals surface area contributed by atoms with E-state index in [0.29, 0.717) is 18.1 Å². The lowest BCUT2D eigenvalue weighted by Crippen LogP contribution is -2.31. The molecule has 1 atom stereocenters. The van der Waals surface area contributed by atoms with Crippen LogP contribution >= 0.6 is 0 Å². The van der Waals surface area contributed by atoms with Gasteiger partial charge in [-0.2, -0.15) is 0 Å². The molecule has 1 aliphatic rings. The van der Waals surface area contributed by atoms with Gasteiger partial charge in [0.25, 0.3) is 5.91 Å². The van der Waals surface area contributed by atoms with Crippen LogP contribution in [0.4, 0.5) is 0 Å². The number of hydrogen-bond donors (Lipinski definition) is 1. The second-order valence-corrected chi connectivity index (χ2v) is 4.87. The summed E-state index contributed by atoms with van der Waals surface area (Å²) in [5.74, 6) is 0.845. The van der Waals surface area contributed by atoms with Crippen LogP contribution in [0.3, 0.4) is 0 Å². The molecule has 4 nitrogen and oxygen atoms in total. The van der Waals surface area contributed by atoms with Crippen LogP contribution in [0.25, 0.3) is 11.3 Å². The largest absolute Gasteiger partial charge is 0.451 e. The molecule has 20 heavy (non-hydrogen) atoms. The number of hydrogen-bond acceptors (Lipinski definition) is 3. The molecule has 1 N–H and O–H groups in total. The van der Waals surface area contributed by atoms with Crippen molar-refractivity contribution in [3.8, 4) is 11.3 Å². The van der Waals surface area contributed by atoms with Gasteiger partial charge >= 0.3 is 0 Å². The van der Waals surface area contributed by atoms with E-state index in [1.807, 2.05) is 36.4 Å². The van der Waals surface area contributed by atoms with Gasteiger partial charge in [-0.05, 0) is 25.0 Å². The third kappa shape index (κ3) is 2.91. The van der Waals surface area contributed by atoms with Crippen molar-refractivity contribution >= 4 is 5.91 Å². The van der Waals surface area contributed by atoms with Crippen molar-refractivity contribution in [3.63, 3.8) is 0 Å². The van der Waals surface area contributed by atoms with Gasteiger partial charge in [-0.1, -0.05) is 30.3 Å². The van der Waals surface area contributed by atoms with Crippen LogP contribution in [0.15, 0.2) is 46.9 Å². The van der Waals surface area contributed by atoms with Crippen LogP contribution in [-0.2, 0) is 4.74 Å². The zero-order chi connectivity index (χ0) is 13.8. The Bertz CT molecular complexity index is 570. The molecule has 1 saturated heterocycles. The maximum absolute atomic E-state index is 12.0. The summed E-state index contributed by atoms with van der Waals surface area (Å²) in [6.07, 6.45) is 2.22. The number of benzene rings is 1. The van der Waals surface area contributed by atoms with Gasteiger partial charge in [0.15, 0.2) is 5.76 Å². The molecule has 0 saturated carbocycles. The van der Waals surface area contributed by atoms with E-state index in [-0.39, 0.29) is 12.0 Å². The van der Waals surface area contributed by atoms with Crippen molar-refractivity contribution < 1.29 is 13.9 Å². The fraction of sp³-hybridized carbons (Fsp3) is 0.312. The lowest BCUT2D eigenvalue weighted by molar-refractivity contribution is 0.0836. The fourth-order valence-corrected chi connectivity index (χ4v) is 2.32. The zero-order valence-electron chi connectivity index (χ0n) is 11.2. The van der Waals surface area contributed by atoms with E-state index in [1.165, 1.54) is 0 Å². The molecular formula is C16H17NO3. The first-order chi connectivity index (χ1) is 9.83. The Morgan fingerprint density at radius 3 is 2.80 bits per heavy atom. The summed E-state index contributed by atoms with van der Waals surface area (Å²) in [6, 6.07) is 13.2. The maximum atomic E-state index is 12.0. The number of nitrogens with one attached hydrogen (secondary N) is 1. The normalized spacial score (nSPS) is 18.1. The summed E-state index contributed by atoms with van der Waals surface area (Å²) in [7, 11) is 0. The number of furan rings is 1. The Morgan fingerprint density at radius 1 is 1.20 bits per heavy atom. The Hall–Kier alpha value is -2.07. The van der Waals surface area contributed by atoms with Gasteiger partial charge in [0.05, 0.1) is 6.10 Å². The van der Waals surface area contributed by atoms with Crippen molar-refractivity contribution in [2.24, 2.45) is 0 Å². The molecule has 104 valence electrons. The number of rotatable bonds is 4. The minimum atomic E-state index is -0.192. The van der Waals surface area contributed by atoms with Crippen LogP contribution in [0.1, 0.15) is 23.4 Å². The third-order valence-corrected chi connectivity index (χ3v) is 3.40. The topological polar surface area (TPSA) is 51.5 Å². The van der Waals surface area contributed by atoms with Gasteiger partial charge in [-0.15, -0.1) is 0 Å². The minimum absolute atomic E-state index is 0.141. The molecule has 0 bridgehead atoms. The van der Waals surface area contributed by atoms with E-state index >= 15 is 0 Å². The summed E-state index contributed by atoms with van der Waals surface area (Å²) in [5, 5.41) is 2.85. The van der Waals surface area contributed by atoms with Gasteiger partial charge in [0.1, 0.15) is 5.76 Å². The number of carbonyl (C=O) groups excluding carboxylic acids is 1. The molecule has 1 fully saturated rings. The molecule has 4 heteroatoms. The summed E-state index contributed by atoms with van der Waals surface area (Å²) >= 11 is 0. The van der Waals surface area contributed by atoms with E-state index in [0.717, 1.165) is 25.0 Å². The van der Waals surface area contributed by atoms with Crippen LogP contribution in [0, 0.1) is 0 Å². The van der Waals surface area contributed by atoms with E-state index in [4.69, 9.17) is 9.15 Å². The lowest BCUT2D eigenvalue weighted by Gasteiger charge is -2.09. The average molecular weight is 271 g/mol. The Kier molecular flexibility index (Phi) is 3.83. The predicted octanol–water partition coefficient (Wildman–Crippen LogP) is 2.86. The number of carbonyl (C=O) groups is 1. The second-order valence-electron chi connectivity index (χ2n) is 4.87. The highest BCUT2D eigenvalue weighted by atomic mass is 16.5. The Balaban J connectivity index is 1.62. The van der Waals surface area contributed by atoms with Crippen molar-refractivity contribution in [2.75, 3.05) is 13.2 Å². The molecule has 1 amide bonds. The van der Waals surface area contributed by atoms with Gasteiger partial charge in [-0.25, -0.2) is 0 Å². The summed E-state index contributed by atoms with van der Waals surface area (Å²) in [4.78, 5) is 12.0. The highest BCUT2D eigenvalue weighted by Gasteiger charge is 2.18. The van der Waals surface area contributed by atoms with Crippen LogP contribution in [0.2, 0.25) is 0 Å². The van der Waals surface area contributed by atoms with Gasteiger partial charge in [-0.3, -0.25) is 4.79 Å². The quantitative estimate of drug-likeness (QED) is 0.930. The SMILES string of the molecule is O=C(NC[C@H]1CCCO1)c1ccc(-c2ccccc2)o1. The monoisotopic (exact) mass is 271 g/mol. The van der Waals surface area contributed by atoms with Crippen molar-refractivity contribution in [2.45, 2.75) is 18.9 Å².